The molecule has 3 aliphatic rings. The Balaban J connectivity index is 1.29. The topological polar surface area (TPSA) is 143 Å². The molecule has 43 heavy (non-hydrogen) atoms. The summed E-state index contributed by atoms with van der Waals surface area (Å²) < 4.78 is 59.7. The molecule has 3 fully saturated rings. The van der Waals surface area contributed by atoms with E-state index >= 15 is 0 Å². The third-order valence-corrected chi connectivity index (χ3v) is 8.29. The molecule has 4 heterocycles. The zero-order valence-electron chi connectivity index (χ0n) is 24.0. The number of nitrogens with zero attached hydrogens (tertiary/aromatic N) is 6. The lowest BCUT2D eigenvalue weighted by molar-refractivity contribution is -0.217. The molecule has 2 aromatic rings. The van der Waals surface area contributed by atoms with Crippen LogP contribution in [0.2, 0.25) is 0 Å². The SMILES string of the molecule is CO[C@@H]1[C@@H](n2cc(-c3cc(F)c(F)c(F)c3)nn2)[C@@H](O)[C@@H](CO)O[C@@H]1CC1CN(C2CCN(C(=O)N(C)C)CC2)C(=O)O1. The first kappa shape index (κ1) is 31.0. The number of piperidine rings is 1. The van der Waals surface area contributed by atoms with Crippen molar-refractivity contribution in [3.63, 3.8) is 0 Å². The molecule has 1 aromatic carbocycles. The van der Waals surface area contributed by atoms with Crippen molar-refractivity contribution >= 4 is 12.1 Å². The average molecular weight is 613 g/mol. The van der Waals surface area contributed by atoms with Gasteiger partial charge >= 0.3 is 12.1 Å². The summed E-state index contributed by atoms with van der Waals surface area (Å²) in [5.74, 6) is -4.39. The predicted molar refractivity (Wildman–Crippen MR) is 142 cm³/mol. The van der Waals surface area contributed by atoms with Crippen LogP contribution in [0.25, 0.3) is 11.3 Å². The van der Waals surface area contributed by atoms with E-state index in [4.69, 9.17) is 14.2 Å². The quantitative estimate of drug-likeness (QED) is 0.444. The van der Waals surface area contributed by atoms with Gasteiger partial charge in [0, 0.05) is 52.3 Å². The van der Waals surface area contributed by atoms with Crippen LogP contribution in [0.4, 0.5) is 22.8 Å². The lowest BCUT2D eigenvalue weighted by Gasteiger charge is -2.44. The van der Waals surface area contributed by atoms with E-state index in [1.54, 1.807) is 23.9 Å². The van der Waals surface area contributed by atoms with E-state index in [-0.39, 0.29) is 36.3 Å². The molecule has 0 bridgehead atoms. The Kier molecular flexibility index (Phi) is 9.10. The summed E-state index contributed by atoms with van der Waals surface area (Å²) in [6.07, 6.45) is -2.32. The molecule has 0 radical (unpaired) electrons. The third kappa shape index (κ3) is 6.14. The highest BCUT2D eigenvalue weighted by Crippen LogP contribution is 2.36. The van der Waals surface area contributed by atoms with Gasteiger partial charge in [-0.15, -0.1) is 5.10 Å². The maximum absolute atomic E-state index is 13.8. The zero-order valence-corrected chi connectivity index (χ0v) is 24.0. The smallest absolute Gasteiger partial charge is 0.410 e. The molecule has 13 nitrogen and oxygen atoms in total. The van der Waals surface area contributed by atoms with Gasteiger partial charge in [0.05, 0.1) is 25.5 Å². The Morgan fingerprint density at radius 1 is 1.16 bits per heavy atom. The number of methoxy groups -OCH3 is 1. The Labute approximate surface area is 245 Å². The first-order valence-corrected chi connectivity index (χ1v) is 14.0. The lowest BCUT2D eigenvalue weighted by atomic mass is 9.89. The fourth-order valence-corrected chi connectivity index (χ4v) is 6.09. The van der Waals surface area contributed by atoms with Crippen molar-refractivity contribution in [1.82, 2.24) is 29.7 Å². The first-order valence-electron chi connectivity index (χ1n) is 14.0. The van der Waals surface area contributed by atoms with Gasteiger partial charge in [0.2, 0.25) is 0 Å². The normalized spacial score (nSPS) is 28.3. The fraction of sp³-hybridized carbons (Fsp3) is 0.630. The highest BCUT2D eigenvalue weighted by atomic mass is 19.2. The molecular weight excluding hydrogens is 577 g/mol. The van der Waals surface area contributed by atoms with Crippen LogP contribution in [0.3, 0.4) is 0 Å². The van der Waals surface area contributed by atoms with E-state index in [0.29, 0.717) is 25.9 Å². The van der Waals surface area contributed by atoms with Gasteiger partial charge in [0.1, 0.15) is 36.2 Å². The summed E-state index contributed by atoms with van der Waals surface area (Å²) in [6.45, 7) is 0.778. The molecule has 1 unspecified atom stereocenters. The van der Waals surface area contributed by atoms with Gasteiger partial charge in [0.25, 0.3) is 0 Å². The molecule has 0 spiro atoms. The number of aliphatic hydroxyl groups is 2. The molecule has 5 rings (SSSR count). The monoisotopic (exact) mass is 612 g/mol. The Morgan fingerprint density at radius 3 is 2.44 bits per heavy atom. The second kappa shape index (κ2) is 12.6. The number of carbonyl (C=O) groups excluding carboxylic acids is 2. The number of rotatable bonds is 7. The first-order chi connectivity index (χ1) is 20.5. The van der Waals surface area contributed by atoms with Crippen LogP contribution >= 0.6 is 0 Å². The van der Waals surface area contributed by atoms with Crippen LogP contribution in [0.15, 0.2) is 18.3 Å². The van der Waals surface area contributed by atoms with E-state index in [2.05, 4.69) is 10.3 Å². The molecule has 3 saturated heterocycles. The second-order valence-corrected chi connectivity index (χ2v) is 11.2. The highest BCUT2D eigenvalue weighted by Gasteiger charge is 2.49. The van der Waals surface area contributed by atoms with Crippen LogP contribution in [-0.4, -0.2) is 136 Å². The zero-order chi connectivity index (χ0) is 31.0. The van der Waals surface area contributed by atoms with Gasteiger partial charge in [-0.1, -0.05) is 5.21 Å². The number of cyclic esters (lactones) is 1. The molecule has 16 heteroatoms. The van der Waals surface area contributed by atoms with Crippen molar-refractivity contribution in [2.75, 3.05) is 47.4 Å². The molecule has 6 atom stereocenters. The van der Waals surface area contributed by atoms with Crippen molar-refractivity contribution < 1.29 is 47.2 Å². The predicted octanol–water partition coefficient (Wildman–Crippen LogP) is 1.40. The minimum absolute atomic E-state index is 0.0159. The number of halogens is 3. The van der Waals surface area contributed by atoms with Crippen molar-refractivity contribution in [2.45, 2.75) is 61.9 Å². The van der Waals surface area contributed by atoms with Crippen molar-refractivity contribution in [3.8, 4) is 11.3 Å². The fourth-order valence-electron chi connectivity index (χ4n) is 6.09. The number of urea groups is 1. The Bertz CT molecular complexity index is 1300. The molecular formula is C27H35F3N6O7. The minimum Gasteiger partial charge on any atom is -0.444 e. The van der Waals surface area contributed by atoms with Gasteiger partial charge in [-0.05, 0) is 25.0 Å². The summed E-state index contributed by atoms with van der Waals surface area (Å²) in [6, 6.07) is 0.439. The van der Waals surface area contributed by atoms with Gasteiger partial charge in [0.15, 0.2) is 17.5 Å². The van der Waals surface area contributed by atoms with E-state index in [1.807, 2.05) is 0 Å². The van der Waals surface area contributed by atoms with Crippen molar-refractivity contribution in [2.24, 2.45) is 0 Å². The summed E-state index contributed by atoms with van der Waals surface area (Å²) in [5.41, 5.74) is -0.0505. The minimum atomic E-state index is -1.61. The van der Waals surface area contributed by atoms with Crippen LogP contribution in [0, 0.1) is 17.5 Å². The molecule has 236 valence electrons. The van der Waals surface area contributed by atoms with E-state index in [9.17, 15) is 33.0 Å². The largest absolute Gasteiger partial charge is 0.444 e. The summed E-state index contributed by atoms with van der Waals surface area (Å²) in [5, 5.41) is 29.0. The standard InChI is InChI=1S/C27H35F3N6O7/c1-33(2)26(39)34-6-4-15(5-7-34)35-11-16(42-27(35)40)10-20-25(41-3)23(24(38)21(13-37)43-20)36-12-19(31-32-36)14-8-17(28)22(30)18(29)9-14/h8-9,12,15-16,20-21,23-25,37-38H,4-7,10-11,13H2,1-3H3/t16?,20-,21-,23+,24+,25+/m1/s1. The molecule has 2 N–H and O–H groups in total. The Hall–Kier alpha value is -3.47. The van der Waals surface area contributed by atoms with Crippen molar-refractivity contribution in [1.29, 1.82) is 0 Å². The van der Waals surface area contributed by atoms with E-state index in [1.165, 1.54) is 22.9 Å². The number of amides is 3. The van der Waals surface area contributed by atoms with Gasteiger partial charge in [-0.3, -0.25) is 0 Å². The number of carbonyl (C=O) groups is 2. The highest BCUT2D eigenvalue weighted by molar-refractivity contribution is 5.74. The number of aliphatic hydroxyl groups excluding tert-OH is 2. The number of likely N-dealkylation sites (tertiary alicyclic amines) is 1. The van der Waals surface area contributed by atoms with Crippen LogP contribution < -0.4 is 0 Å². The maximum atomic E-state index is 13.8. The average Bonchev–Trinajstić information content (AvgIpc) is 3.62. The second-order valence-electron chi connectivity index (χ2n) is 11.2. The summed E-state index contributed by atoms with van der Waals surface area (Å²) >= 11 is 0. The number of benzene rings is 1. The number of aromatic nitrogens is 3. The van der Waals surface area contributed by atoms with Crippen molar-refractivity contribution in [3.05, 3.63) is 35.8 Å². The molecule has 1 aromatic heterocycles. The van der Waals surface area contributed by atoms with Gasteiger partial charge < -0.3 is 39.1 Å². The molecule has 0 saturated carbocycles. The number of hydrogen-bond donors (Lipinski definition) is 2. The van der Waals surface area contributed by atoms with Crippen LogP contribution in [0.5, 0.6) is 0 Å². The van der Waals surface area contributed by atoms with Crippen LogP contribution in [-0.2, 0) is 14.2 Å². The third-order valence-electron chi connectivity index (χ3n) is 8.29. The van der Waals surface area contributed by atoms with Gasteiger partial charge in [-0.25, -0.2) is 27.4 Å². The Morgan fingerprint density at radius 2 is 1.84 bits per heavy atom. The van der Waals surface area contributed by atoms with Gasteiger partial charge in [-0.2, -0.15) is 0 Å². The lowest BCUT2D eigenvalue weighted by Crippen LogP contribution is -2.57. The van der Waals surface area contributed by atoms with E-state index < -0.39 is 66.7 Å². The van der Waals surface area contributed by atoms with E-state index in [0.717, 1.165) is 12.1 Å². The maximum Gasteiger partial charge on any atom is 0.410 e. The molecule has 3 aliphatic heterocycles. The van der Waals surface area contributed by atoms with Crippen LogP contribution in [0.1, 0.15) is 25.3 Å². The molecule has 3 amide bonds. The summed E-state index contributed by atoms with van der Waals surface area (Å²) in [4.78, 5) is 30.0. The summed E-state index contributed by atoms with van der Waals surface area (Å²) in [7, 11) is 4.79. The molecule has 0 aliphatic carbocycles. The number of hydrogen-bond acceptors (Lipinski definition) is 9. The number of ether oxygens (including phenoxy) is 3.